The number of hydrogen-bond acceptors (Lipinski definition) is 4. The normalized spacial score (nSPS) is 26.3. The maximum Gasteiger partial charge on any atom is 0.224 e. The number of carbonyl (C=O) groups is 1. The van der Waals surface area contributed by atoms with Gasteiger partial charge in [-0.3, -0.25) is 19.6 Å². The average molecular weight is 385 g/mol. The molecular formula is C23H36N4O. The molecule has 3 heterocycles. The van der Waals surface area contributed by atoms with Crippen LogP contribution in [0, 0.1) is 11.8 Å². The Morgan fingerprint density at radius 3 is 2.54 bits per heavy atom. The molecule has 1 N–H and O–H groups in total. The lowest BCUT2D eigenvalue weighted by Crippen LogP contribution is -2.52. The van der Waals surface area contributed by atoms with Gasteiger partial charge in [0.1, 0.15) is 0 Å². The molecule has 1 aromatic heterocycles. The van der Waals surface area contributed by atoms with Crippen LogP contribution in [0.1, 0.15) is 57.9 Å². The van der Waals surface area contributed by atoms with Crippen LogP contribution in [0.5, 0.6) is 0 Å². The topological polar surface area (TPSA) is 48.5 Å². The van der Waals surface area contributed by atoms with Gasteiger partial charge >= 0.3 is 0 Å². The molecule has 0 radical (unpaired) electrons. The van der Waals surface area contributed by atoms with Gasteiger partial charge in [0.25, 0.3) is 0 Å². The van der Waals surface area contributed by atoms with E-state index in [9.17, 15) is 4.79 Å². The minimum atomic E-state index is 0.109. The van der Waals surface area contributed by atoms with Crippen molar-refractivity contribution in [2.75, 3.05) is 26.2 Å². The number of aromatic nitrogens is 1. The highest BCUT2D eigenvalue weighted by atomic mass is 16.2. The Labute approximate surface area is 169 Å². The Morgan fingerprint density at radius 1 is 1.18 bits per heavy atom. The average Bonchev–Trinajstić information content (AvgIpc) is 3.50. The fraction of sp³-hybridized carbons (Fsp3) is 0.739. The van der Waals surface area contributed by atoms with Crippen LogP contribution in [0.15, 0.2) is 24.5 Å². The SMILES string of the molecule is CC(C)C1(NC(=O)[C@H]2CCCN(C3CCN(Cc4ccncc4)CC3)C2)CC1. The van der Waals surface area contributed by atoms with Gasteiger partial charge in [0.2, 0.25) is 5.91 Å². The third-order valence-corrected chi connectivity index (χ3v) is 7.32. The lowest BCUT2D eigenvalue weighted by molar-refractivity contribution is -0.128. The molecule has 1 aliphatic carbocycles. The van der Waals surface area contributed by atoms with Crippen molar-refractivity contribution in [3.05, 3.63) is 30.1 Å². The van der Waals surface area contributed by atoms with Crippen molar-refractivity contribution in [1.82, 2.24) is 20.1 Å². The van der Waals surface area contributed by atoms with Crippen LogP contribution in [0.4, 0.5) is 0 Å². The molecule has 0 bridgehead atoms. The summed E-state index contributed by atoms with van der Waals surface area (Å²) in [5.41, 5.74) is 1.46. The summed E-state index contributed by atoms with van der Waals surface area (Å²) in [5.74, 6) is 1.03. The number of carbonyl (C=O) groups excluding carboxylic acids is 1. The van der Waals surface area contributed by atoms with Crippen LogP contribution in [-0.2, 0) is 11.3 Å². The van der Waals surface area contributed by atoms with Gasteiger partial charge in [0.15, 0.2) is 0 Å². The zero-order chi connectivity index (χ0) is 19.6. The zero-order valence-electron chi connectivity index (χ0n) is 17.6. The predicted octanol–water partition coefficient (Wildman–Crippen LogP) is 3.06. The van der Waals surface area contributed by atoms with Gasteiger partial charge in [0, 0.05) is 37.1 Å². The third kappa shape index (κ3) is 4.57. The summed E-state index contributed by atoms with van der Waals surface area (Å²) in [6.07, 6.45) is 10.7. The second-order valence-electron chi connectivity index (χ2n) is 9.50. The smallest absolute Gasteiger partial charge is 0.224 e. The highest BCUT2D eigenvalue weighted by Crippen LogP contribution is 2.42. The number of nitrogens with one attached hydrogen (secondary N) is 1. The van der Waals surface area contributed by atoms with Gasteiger partial charge in [-0.05, 0) is 81.8 Å². The number of nitrogens with zero attached hydrogens (tertiary/aromatic N) is 3. The second-order valence-corrected chi connectivity index (χ2v) is 9.50. The molecule has 4 rings (SSSR count). The molecule has 28 heavy (non-hydrogen) atoms. The van der Waals surface area contributed by atoms with E-state index in [0.29, 0.717) is 17.9 Å². The largest absolute Gasteiger partial charge is 0.350 e. The Morgan fingerprint density at radius 2 is 1.89 bits per heavy atom. The van der Waals surface area contributed by atoms with Gasteiger partial charge in [-0.25, -0.2) is 0 Å². The lowest BCUT2D eigenvalue weighted by Gasteiger charge is -2.42. The molecule has 0 aromatic carbocycles. The molecule has 1 aromatic rings. The maximum atomic E-state index is 12.9. The van der Waals surface area contributed by atoms with Gasteiger partial charge in [0.05, 0.1) is 5.92 Å². The number of pyridine rings is 1. The van der Waals surface area contributed by atoms with Crippen molar-refractivity contribution < 1.29 is 4.79 Å². The molecule has 1 amide bonds. The van der Waals surface area contributed by atoms with Crippen molar-refractivity contribution in [3.8, 4) is 0 Å². The summed E-state index contributed by atoms with van der Waals surface area (Å²) in [4.78, 5) is 22.2. The Hall–Kier alpha value is -1.46. The molecule has 2 aliphatic heterocycles. The molecule has 0 unspecified atom stereocenters. The molecular weight excluding hydrogens is 348 g/mol. The van der Waals surface area contributed by atoms with Crippen LogP contribution in [0.3, 0.4) is 0 Å². The van der Waals surface area contributed by atoms with E-state index in [4.69, 9.17) is 0 Å². The fourth-order valence-corrected chi connectivity index (χ4v) is 5.07. The minimum absolute atomic E-state index is 0.109. The molecule has 1 atom stereocenters. The van der Waals surface area contributed by atoms with E-state index in [1.807, 2.05) is 12.4 Å². The summed E-state index contributed by atoms with van der Waals surface area (Å²) in [5, 5.41) is 3.42. The van der Waals surface area contributed by atoms with Crippen molar-refractivity contribution >= 4 is 5.91 Å². The van der Waals surface area contributed by atoms with Crippen molar-refractivity contribution in [2.24, 2.45) is 11.8 Å². The van der Waals surface area contributed by atoms with Crippen molar-refractivity contribution in [3.63, 3.8) is 0 Å². The predicted molar refractivity (Wildman–Crippen MR) is 112 cm³/mol. The first-order valence-electron chi connectivity index (χ1n) is 11.2. The van der Waals surface area contributed by atoms with E-state index >= 15 is 0 Å². The van der Waals surface area contributed by atoms with Gasteiger partial charge in [-0.2, -0.15) is 0 Å². The molecule has 5 heteroatoms. The molecule has 1 saturated carbocycles. The van der Waals surface area contributed by atoms with E-state index in [1.54, 1.807) is 0 Å². The van der Waals surface area contributed by atoms with Crippen LogP contribution < -0.4 is 5.32 Å². The number of likely N-dealkylation sites (tertiary alicyclic amines) is 2. The van der Waals surface area contributed by atoms with E-state index in [0.717, 1.165) is 58.4 Å². The molecule has 5 nitrogen and oxygen atoms in total. The first-order valence-corrected chi connectivity index (χ1v) is 11.2. The quantitative estimate of drug-likeness (QED) is 0.819. The first kappa shape index (κ1) is 19.8. The van der Waals surface area contributed by atoms with Crippen LogP contribution in [0.2, 0.25) is 0 Å². The highest BCUT2D eigenvalue weighted by molar-refractivity contribution is 5.80. The first-order chi connectivity index (χ1) is 13.6. The van der Waals surface area contributed by atoms with E-state index in [1.165, 1.54) is 18.4 Å². The Kier molecular flexibility index (Phi) is 6.02. The molecule has 2 saturated heterocycles. The van der Waals surface area contributed by atoms with Crippen LogP contribution >= 0.6 is 0 Å². The number of hydrogen-bond donors (Lipinski definition) is 1. The van der Waals surface area contributed by atoms with E-state index < -0.39 is 0 Å². The van der Waals surface area contributed by atoms with Crippen LogP contribution in [-0.4, -0.2) is 58.5 Å². The van der Waals surface area contributed by atoms with E-state index in [-0.39, 0.29) is 11.5 Å². The lowest BCUT2D eigenvalue weighted by atomic mass is 9.92. The Bertz CT molecular complexity index is 650. The number of amides is 1. The maximum absolute atomic E-state index is 12.9. The number of rotatable bonds is 6. The highest BCUT2D eigenvalue weighted by Gasteiger charge is 2.47. The summed E-state index contributed by atoms with van der Waals surface area (Å²) >= 11 is 0. The van der Waals surface area contributed by atoms with E-state index in [2.05, 4.69) is 46.1 Å². The summed E-state index contributed by atoms with van der Waals surface area (Å²) in [6, 6.07) is 4.87. The molecule has 154 valence electrons. The van der Waals surface area contributed by atoms with Crippen LogP contribution in [0.25, 0.3) is 0 Å². The summed E-state index contributed by atoms with van der Waals surface area (Å²) < 4.78 is 0. The summed E-state index contributed by atoms with van der Waals surface area (Å²) in [6.45, 7) is 9.91. The second kappa shape index (κ2) is 8.50. The molecule has 3 aliphatic rings. The Balaban J connectivity index is 1.25. The van der Waals surface area contributed by atoms with Gasteiger partial charge in [-0.1, -0.05) is 13.8 Å². The van der Waals surface area contributed by atoms with Gasteiger partial charge in [-0.15, -0.1) is 0 Å². The molecule has 3 fully saturated rings. The number of piperidine rings is 2. The summed E-state index contributed by atoms with van der Waals surface area (Å²) in [7, 11) is 0. The zero-order valence-corrected chi connectivity index (χ0v) is 17.6. The monoisotopic (exact) mass is 384 g/mol. The standard InChI is InChI=1S/C23H36N4O/c1-18(2)23(9-10-23)25-22(28)20-4-3-13-27(17-20)21-7-14-26(15-8-21)16-19-5-11-24-12-6-19/h5-6,11-12,18,20-21H,3-4,7-10,13-17H2,1-2H3,(H,25,28)/t20-/m0/s1. The third-order valence-electron chi connectivity index (χ3n) is 7.32. The van der Waals surface area contributed by atoms with Gasteiger partial charge < -0.3 is 5.32 Å². The minimum Gasteiger partial charge on any atom is -0.350 e. The molecule has 0 spiro atoms. The fourth-order valence-electron chi connectivity index (χ4n) is 5.07. The van der Waals surface area contributed by atoms with Crippen molar-refractivity contribution in [1.29, 1.82) is 0 Å². The van der Waals surface area contributed by atoms with Crippen molar-refractivity contribution in [2.45, 2.75) is 70.5 Å².